The van der Waals surface area contributed by atoms with E-state index < -0.39 is 0 Å². The largest absolute Gasteiger partial charge is 0.466 e. The number of nitrogens with one attached hydrogen (secondary N) is 1. The number of nitrogens with zero attached hydrogens (tertiary/aromatic N) is 4. The molecule has 0 amide bonds. The number of ether oxygens (including phenoxy) is 1. The van der Waals surface area contributed by atoms with Gasteiger partial charge >= 0.3 is 5.97 Å². The maximum Gasteiger partial charge on any atom is 0.307 e. The summed E-state index contributed by atoms with van der Waals surface area (Å²) in [5.74, 6) is -0.199. The highest BCUT2D eigenvalue weighted by Crippen LogP contribution is 2.22. The van der Waals surface area contributed by atoms with E-state index in [9.17, 15) is 4.79 Å². The molecule has 3 aromatic rings. The quantitative estimate of drug-likeness (QED) is 0.706. The Bertz CT molecular complexity index is 821. The maximum absolute atomic E-state index is 11.3. The Kier molecular flexibility index (Phi) is 4.27. The number of carbonyl (C=O) groups excluding carboxylic acids is 1. The van der Waals surface area contributed by atoms with E-state index >= 15 is 0 Å². The number of rotatable bonds is 6. The van der Waals surface area contributed by atoms with Crippen LogP contribution >= 0.6 is 0 Å². The van der Waals surface area contributed by atoms with Crippen LogP contribution in [0.15, 0.2) is 36.9 Å². The summed E-state index contributed by atoms with van der Waals surface area (Å²) in [5.41, 5.74) is 3.95. The summed E-state index contributed by atoms with van der Waals surface area (Å²) in [7, 11) is 1.89. The third kappa shape index (κ3) is 3.33. The lowest BCUT2D eigenvalue weighted by Crippen LogP contribution is -2.11. The molecule has 3 rings (SSSR count). The highest BCUT2D eigenvalue weighted by Gasteiger charge is 2.07. The zero-order valence-electron chi connectivity index (χ0n) is 13.2. The average molecular weight is 313 g/mol. The van der Waals surface area contributed by atoms with E-state index in [4.69, 9.17) is 4.74 Å². The summed E-state index contributed by atoms with van der Waals surface area (Å²) in [6.45, 7) is 2.73. The van der Waals surface area contributed by atoms with E-state index in [0.717, 1.165) is 22.3 Å². The second-order valence-corrected chi connectivity index (χ2v) is 5.19. The molecular weight excluding hydrogens is 294 g/mol. The van der Waals surface area contributed by atoms with Crippen LogP contribution in [0, 0.1) is 0 Å². The number of hydrogen-bond acceptors (Lipinski definition) is 5. The fraction of sp³-hybridized carbons (Fsp3) is 0.312. The maximum atomic E-state index is 11.3. The van der Waals surface area contributed by atoms with Crippen LogP contribution in [0.25, 0.3) is 16.6 Å². The first-order valence-electron chi connectivity index (χ1n) is 7.53. The van der Waals surface area contributed by atoms with Gasteiger partial charge in [-0.1, -0.05) is 6.07 Å². The first-order valence-corrected chi connectivity index (χ1v) is 7.53. The molecule has 0 aliphatic carbocycles. The van der Waals surface area contributed by atoms with Crippen LogP contribution in [0.1, 0.15) is 13.3 Å². The van der Waals surface area contributed by atoms with Crippen molar-refractivity contribution in [2.24, 2.45) is 7.05 Å². The summed E-state index contributed by atoms with van der Waals surface area (Å²) in [6, 6.07) is 4.03. The molecule has 0 aliphatic rings. The SMILES string of the molecule is CCOC(=O)CCNc1cnn2cc(-c3cnn(C)c3)ccc12. The van der Waals surface area contributed by atoms with Crippen LogP contribution in [0.4, 0.5) is 5.69 Å². The molecule has 0 aromatic carbocycles. The monoisotopic (exact) mass is 313 g/mol. The molecule has 0 radical (unpaired) electrons. The summed E-state index contributed by atoms with van der Waals surface area (Å²) >= 11 is 0. The first-order chi connectivity index (χ1) is 11.2. The third-order valence-corrected chi connectivity index (χ3v) is 3.50. The van der Waals surface area contributed by atoms with Crippen molar-refractivity contribution < 1.29 is 9.53 Å². The van der Waals surface area contributed by atoms with Crippen molar-refractivity contribution in [2.45, 2.75) is 13.3 Å². The Morgan fingerprint density at radius 3 is 2.83 bits per heavy atom. The lowest BCUT2D eigenvalue weighted by atomic mass is 10.1. The molecule has 0 atom stereocenters. The Morgan fingerprint density at radius 2 is 2.09 bits per heavy atom. The molecule has 0 unspecified atom stereocenters. The lowest BCUT2D eigenvalue weighted by molar-refractivity contribution is -0.142. The van der Waals surface area contributed by atoms with Gasteiger partial charge in [0.05, 0.1) is 36.6 Å². The highest BCUT2D eigenvalue weighted by atomic mass is 16.5. The number of esters is 1. The summed E-state index contributed by atoms with van der Waals surface area (Å²) in [6.07, 6.45) is 7.83. The number of aromatic nitrogens is 4. The third-order valence-electron chi connectivity index (χ3n) is 3.50. The van der Waals surface area contributed by atoms with E-state index in [0.29, 0.717) is 19.6 Å². The molecule has 3 heterocycles. The highest BCUT2D eigenvalue weighted by molar-refractivity contribution is 5.75. The lowest BCUT2D eigenvalue weighted by Gasteiger charge is -2.05. The minimum atomic E-state index is -0.199. The molecule has 0 saturated heterocycles. The van der Waals surface area contributed by atoms with E-state index in [1.165, 1.54) is 0 Å². The van der Waals surface area contributed by atoms with Crippen LogP contribution in [0.5, 0.6) is 0 Å². The van der Waals surface area contributed by atoms with Gasteiger partial charge in [-0.2, -0.15) is 10.2 Å². The van der Waals surface area contributed by atoms with Gasteiger partial charge in [0.2, 0.25) is 0 Å². The molecule has 120 valence electrons. The Balaban J connectivity index is 1.73. The number of aryl methyl sites for hydroxylation is 1. The molecular formula is C16H19N5O2. The number of pyridine rings is 1. The van der Waals surface area contributed by atoms with Crippen molar-refractivity contribution in [1.82, 2.24) is 19.4 Å². The van der Waals surface area contributed by atoms with Gasteiger partial charge in [0, 0.05) is 37.1 Å². The topological polar surface area (TPSA) is 73.4 Å². The minimum Gasteiger partial charge on any atom is -0.466 e. The van der Waals surface area contributed by atoms with Crippen molar-refractivity contribution in [2.75, 3.05) is 18.5 Å². The van der Waals surface area contributed by atoms with Crippen molar-refractivity contribution >= 4 is 17.2 Å². The van der Waals surface area contributed by atoms with Gasteiger partial charge in [-0.25, -0.2) is 4.52 Å². The second kappa shape index (κ2) is 6.51. The van der Waals surface area contributed by atoms with Gasteiger partial charge in [-0.15, -0.1) is 0 Å². The normalized spacial score (nSPS) is 10.9. The number of carbonyl (C=O) groups is 1. The van der Waals surface area contributed by atoms with Crippen LogP contribution in [0.2, 0.25) is 0 Å². The standard InChI is InChI=1S/C16H19N5O2/c1-3-23-16(22)6-7-17-14-9-19-21-11-12(4-5-15(14)21)13-8-18-20(2)10-13/h4-5,8-11,17H,3,6-7H2,1-2H3. The Morgan fingerprint density at radius 1 is 1.22 bits per heavy atom. The van der Waals surface area contributed by atoms with Gasteiger partial charge in [0.1, 0.15) is 0 Å². The van der Waals surface area contributed by atoms with Gasteiger partial charge in [-0.3, -0.25) is 9.48 Å². The molecule has 0 fully saturated rings. The zero-order valence-corrected chi connectivity index (χ0v) is 13.2. The predicted molar refractivity (Wildman–Crippen MR) is 87.1 cm³/mol. The summed E-state index contributed by atoms with van der Waals surface area (Å²) < 4.78 is 8.49. The van der Waals surface area contributed by atoms with Crippen LogP contribution in [-0.4, -0.2) is 38.5 Å². The summed E-state index contributed by atoms with van der Waals surface area (Å²) in [5, 5.41) is 11.8. The predicted octanol–water partition coefficient (Wildman–Crippen LogP) is 2.10. The molecule has 0 aliphatic heterocycles. The van der Waals surface area contributed by atoms with Gasteiger partial charge < -0.3 is 10.1 Å². The number of hydrogen-bond donors (Lipinski definition) is 1. The molecule has 0 bridgehead atoms. The van der Waals surface area contributed by atoms with Gasteiger partial charge in [0.15, 0.2) is 0 Å². The fourth-order valence-corrected chi connectivity index (χ4v) is 2.39. The fourth-order valence-electron chi connectivity index (χ4n) is 2.39. The van der Waals surface area contributed by atoms with Crippen LogP contribution in [0.3, 0.4) is 0 Å². The average Bonchev–Trinajstić information content (AvgIpc) is 3.14. The van der Waals surface area contributed by atoms with Crippen molar-refractivity contribution in [1.29, 1.82) is 0 Å². The molecule has 7 heteroatoms. The first kappa shape index (κ1) is 15.1. The molecule has 3 aromatic heterocycles. The van der Waals surface area contributed by atoms with Crippen molar-refractivity contribution in [3.8, 4) is 11.1 Å². The molecule has 23 heavy (non-hydrogen) atoms. The van der Waals surface area contributed by atoms with E-state index in [1.54, 1.807) is 17.8 Å². The Labute approximate surface area is 133 Å². The molecule has 0 spiro atoms. The Hall–Kier alpha value is -2.83. The van der Waals surface area contributed by atoms with E-state index in [2.05, 4.69) is 15.5 Å². The van der Waals surface area contributed by atoms with E-state index in [-0.39, 0.29) is 5.97 Å². The van der Waals surface area contributed by atoms with Gasteiger partial charge in [0.25, 0.3) is 0 Å². The van der Waals surface area contributed by atoms with E-state index in [1.807, 2.05) is 42.3 Å². The number of anilines is 1. The van der Waals surface area contributed by atoms with Crippen molar-refractivity contribution in [3.63, 3.8) is 0 Å². The van der Waals surface area contributed by atoms with Gasteiger partial charge in [-0.05, 0) is 13.0 Å². The molecule has 1 N–H and O–H groups in total. The molecule has 7 nitrogen and oxygen atoms in total. The number of fused-ring (bicyclic) bond motifs is 1. The minimum absolute atomic E-state index is 0.199. The zero-order chi connectivity index (χ0) is 16.2. The van der Waals surface area contributed by atoms with Crippen LogP contribution < -0.4 is 5.32 Å². The smallest absolute Gasteiger partial charge is 0.307 e. The molecule has 0 saturated carbocycles. The second-order valence-electron chi connectivity index (χ2n) is 5.19. The van der Waals surface area contributed by atoms with Crippen molar-refractivity contribution in [3.05, 3.63) is 36.9 Å². The summed E-state index contributed by atoms with van der Waals surface area (Å²) in [4.78, 5) is 11.3. The van der Waals surface area contributed by atoms with Crippen LogP contribution in [-0.2, 0) is 16.6 Å².